The number of piperidine rings is 1. The largest absolute Gasteiger partial charge is 0.417 e. The van der Waals surface area contributed by atoms with Crippen molar-refractivity contribution in [2.45, 2.75) is 23.9 Å². The topological polar surface area (TPSA) is 49.4 Å². The highest BCUT2D eigenvalue weighted by atomic mass is 35.5. The van der Waals surface area contributed by atoms with Crippen LogP contribution in [0.3, 0.4) is 0 Å². The number of nitrogens with one attached hydrogen (secondary N) is 1. The first kappa shape index (κ1) is 21.1. The molecule has 1 aromatic carbocycles. The second-order valence-corrected chi connectivity index (χ2v) is 7.47. The van der Waals surface area contributed by atoms with Crippen LogP contribution in [0.5, 0.6) is 0 Å². The minimum absolute atomic E-state index is 0. The normalized spacial score (nSPS) is 19.8. The first-order chi connectivity index (χ1) is 10.7. The van der Waals surface area contributed by atoms with Crippen molar-refractivity contribution < 1.29 is 26.0 Å². The van der Waals surface area contributed by atoms with Crippen molar-refractivity contribution in [2.24, 2.45) is 5.92 Å². The minimum atomic E-state index is -4.94. The lowest BCUT2D eigenvalue weighted by atomic mass is 10.00. The third kappa shape index (κ3) is 4.59. The molecule has 0 aromatic heterocycles. The molecule has 1 aliphatic rings. The molecule has 2 rings (SSSR count). The molecule has 0 saturated carbocycles. The number of hydrogen-bond donors (Lipinski definition) is 1. The van der Waals surface area contributed by atoms with Crippen LogP contribution in [0.2, 0.25) is 0 Å². The van der Waals surface area contributed by atoms with E-state index in [0.717, 1.165) is 16.8 Å². The van der Waals surface area contributed by atoms with Crippen LogP contribution in [-0.4, -0.2) is 39.4 Å². The fraction of sp³-hybridized carbons (Fsp3) is 0.571. The van der Waals surface area contributed by atoms with Gasteiger partial charge in [-0.1, -0.05) is 0 Å². The van der Waals surface area contributed by atoms with Crippen molar-refractivity contribution in [2.75, 3.05) is 26.7 Å². The summed E-state index contributed by atoms with van der Waals surface area (Å²) in [5.41, 5.74) is -1.46. The number of benzene rings is 1. The van der Waals surface area contributed by atoms with Crippen LogP contribution in [0.25, 0.3) is 0 Å². The summed E-state index contributed by atoms with van der Waals surface area (Å²) in [6, 6.07) is 1.65. The zero-order valence-corrected chi connectivity index (χ0v) is 14.6. The highest BCUT2D eigenvalue weighted by Crippen LogP contribution is 2.36. The van der Waals surface area contributed by atoms with Crippen LogP contribution in [0.15, 0.2) is 23.1 Å². The standard InChI is InChI=1S/C14H18F4N2O2S.ClH/c1-19-8-10-3-2-6-20(9-10)23(21,22)13-5-4-11(15)7-12(13)14(16,17)18;/h4-5,7,10,19H,2-3,6,8-9H2,1H3;1H. The Balaban J connectivity index is 0.00000288. The molecule has 0 radical (unpaired) electrons. The molecule has 138 valence electrons. The number of sulfonamides is 1. The average molecular weight is 391 g/mol. The van der Waals surface area contributed by atoms with Crippen molar-refractivity contribution in [1.82, 2.24) is 9.62 Å². The van der Waals surface area contributed by atoms with Crippen molar-refractivity contribution in [1.29, 1.82) is 0 Å². The fourth-order valence-corrected chi connectivity index (χ4v) is 4.54. The molecule has 1 fully saturated rings. The lowest BCUT2D eigenvalue weighted by Crippen LogP contribution is -2.42. The van der Waals surface area contributed by atoms with Gasteiger partial charge in [0, 0.05) is 13.1 Å². The first-order valence-electron chi connectivity index (χ1n) is 7.17. The van der Waals surface area contributed by atoms with Crippen LogP contribution < -0.4 is 5.32 Å². The summed E-state index contributed by atoms with van der Waals surface area (Å²) in [7, 11) is -2.59. The summed E-state index contributed by atoms with van der Waals surface area (Å²) in [5.74, 6) is -1.08. The van der Waals surface area contributed by atoms with Gasteiger partial charge < -0.3 is 5.32 Å². The Kier molecular flexibility index (Phi) is 7.04. The van der Waals surface area contributed by atoms with Gasteiger partial charge in [-0.2, -0.15) is 17.5 Å². The van der Waals surface area contributed by atoms with Gasteiger partial charge in [0.1, 0.15) is 5.82 Å². The molecular formula is C14H19ClF4N2O2S. The van der Waals surface area contributed by atoms with Gasteiger partial charge in [-0.25, -0.2) is 12.8 Å². The highest BCUT2D eigenvalue weighted by molar-refractivity contribution is 7.89. The molecule has 0 bridgehead atoms. The Morgan fingerprint density at radius 3 is 2.58 bits per heavy atom. The molecule has 1 aromatic rings. The van der Waals surface area contributed by atoms with E-state index in [1.165, 1.54) is 0 Å². The molecular weight excluding hydrogens is 372 g/mol. The molecule has 0 amide bonds. The molecule has 0 aliphatic carbocycles. The zero-order valence-electron chi connectivity index (χ0n) is 12.9. The van der Waals surface area contributed by atoms with E-state index in [4.69, 9.17) is 0 Å². The van der Waals surface area contributed by atoms with Gasteiger partial charge >= 0.3 is 6.18 Å². The Bertz CT molecular complexity index is 665. The molecule has 0 spiro atoms. The Morgan fingerprint density at radius 1 is 1.33 bits per heavy atom. The predicted octanol–water partition coefficient (Wildman–Crippen LogP) is 2.89. The lowest BCUT2D eigenvalue weighted by molar-refractivity contribution is -0.140. The van der Waals surface area contributed by atoms with E-state index in [0.29, 0.717) is 19.0 Å². The summed E-state index contributed by atoms with van der Waals surface area (Å²) in [5, 5.41) is 2.94. The van der Waals surface area contributed by atoms with Gasteiger partial charge in [0.05, 0.1) is 10.5 Å². The SMILES string of the molecule is CNCC1CCCN(S(=O)(=O)c2ccc(F)cc2C(F)(F)F)C1.Cl. The summed E-state index contributed by atoms with van der Waals surface area (Å²) in [6.45, 7) is 0.899. The Hall–Kier alpha value is -0.900. The molecule has 10 heteroatoms. The number of halogens is 5. The van der Waals surface area contributed by atoms with Gasteiger partial charge in [-0.05, 0) is 50.6 Å². The number of nitrogens with zero attached hydrogens (tertiary/aromatic N) is 1. The van der Waals surface area contributed by atoms with E-state index in [1.807, 2.05) is 0 Å². The van der Waals surface area contributed by atoms with Crippen LogP contribution >= 0.6 is 12.4 Å². The van der Waals surface area contributed by atoms with Crippen LogP contribution in [0.1, 0.15) is 18.4 Å². The Labute approximate surface area is 144 Å². The fourth-order valence-electron chi connectivity index (χ4n) is 2.79. The second kappa shape index (κ2) is 7.99. The van der Waals surface area contributed by atoms with Crippen molar-refractivity contribution >= 4 is 22.4 Å². The van der Waals surface area contributed by atoms with E-state index in [-0.39, 0.29) is 37.5 Å². The second-order valence-electron chi connectivity index (χ2n) is 5.57. The minimum Gasteiger partial charge on any atom is -0.319 e. The Morgan fingerprint density at radius 2 is 2.00 bits per heavy atom. The maximum Gasteiger partial charge on any atom is 0.417 e. The van der Waals surface area contributed by atoms with Gasteiger partial charge in [0.25, 0.3) is 0 Å². The smallest absolute Gasteiger partial charge is 0.319 e. The molecule has 24 heavy (non-hydrogen) atoms. The van der Waals surface area contributed by atoms with Gasteiger partial charge in [-0.3, -0.25) is 0 Å². The predicted molar refractivity (Wildman–Crippen MR) is 84.1 cm³/mol. The maximum absolute atomic E-state index is 13.2. The van der Waals surface area contributed by atoms with Gasteiger partial charge in [0.2, 0.25) is 10.0 Å². The molecule has 1 atom stereocenters. The third-order valence-electron chi connectivity index (χ3n) is 3.84. The molecule has 1 unspecified atom stereocenters. The molecule has 1 saturated heterocycles. The summed E-state index contributed by atoms with van der Waals surface area (Å²) >= 11 is 0. The number of alkyl halides is 3. The van der Waals surface area contributed by atoms with E-state index in [9.17, 15) is 26.0 Å². The van der Waals surface area contributed by atoms with Crippen LogP contribution in [-0.2, 0) is 16.2 Å². The van der Waals surface area contributed by atoms with Gasteiger partial charge in [-0.15, -0.1) is 12.4 Å². The average Bonchev–Trinajstić information content (AvgIpc) is 2.46. The summed E-state index contributed by atoms with van der Waals surface area (Å²) < 4.78 is 78.6. The van der Waals surface area contributed by atoms with Crippen molar-refractivity contribution in [3.05, 3.63) is 29.6 Å². The van der Waals surface area contributed by atoms with E-state index in [2.05, 4.69) is 5.32 Å². The molecule has 4 nitrogen and oxygen atoms in total. The first-order valence-corrected chi connectivity index (χ1v) is 8.61. The third-order valence-corrected chi connectivity index (χ3v) is 5.76. The molecule has 1 aliphatic heterocycles. The van der Waals surface area contributed by atoms with Crippen molar-refractivity contribution in [3.8, 4) is 0 Å². The lowest BCUT2D eigenvalue weighted by Gasteiger charge is -2.32. The monoisotopic (exact) mass is 390 g/mol. The van der Waals surface area contributed by atoms with E-state index < -0.39 is 32.5 Å². The van der Waals surface area contributed by atoms with E-state index in [1.54, 1.807) is 7.05 Å². The quantitative estimate of drug-likeness (QED) is 0.804. The maximum atomic E-state index is 13.2. The van der Waals surface area contributed by atoms with E-state index >= 15 is 0 Å². The molecule has 1 N–H and O–H groups in total. The number of hydrogen-bond acceptors (Lipinski definition) is 3. The molecule has 1 heterocycles. The summed E-state index contributed by atoms with van der Waals surface area (Å²) in [4.78, 5) is -0.892. The summed E-state index contributed by atoms with van der Waals surface area (Å²) in [6.07, 6.45) is -3.55. The van der Waals surface area contributed by atoms with Crippen molar-refractivity contribution in [3.63, 3.8) is 0 Å². The number of rotatable bonds is 4. The zero-order chi connectivity index (χ0) is 17.3. The van der Waals surface area contributed by atoms with Gasteiger partial charge in [0.15, 0.2) is 0 Å². The van der Waals surface area contributed by atoms with Crippen LogP contribution in [0.4, 0.5) is 17.6 Å². The van der Waals surface area contributed by atoms with Crippen LogP contribution in [0, 0.1) is 11.7 Å². The highest BCUT2D eigenvalue weighted by Gasteiger charge is 2.40.